The van der Waals surface area contributed by atoms with Gasteiger partial charge in [0.1, 0.15) is 10.5 Å². The molecule has 2 aromatic rings. The standard InChI is InChI=1S/C26H36ClFN6S/c1-3-12-34(13-11-30-4-2)21-14-18(15-21)5-7-20(9-10-29)31-25-17-24(32-33-26(25)35)22-16-19(27)6-8-23(22)28/h6-10,16-18,21,30H,3-5,11-15,29H2,1-2H3,(H,31,32)(H,33,35)/b10-9-,20-7+. The lowest BCUT2D eigenvalue weighted by Crippen LogP contribution is -2.47. The molecule has 6 nitrogen and oxygen atoms in total. The number of likely N-dealkylation sites (N-methyl/N-ethyl adjacent to an activating group) is 1. The molecule has 190 valence electrons. The molecule has 9 heteroatoms. The highest BCUT2D eigenvalue weighted by Crippen LogP contribution is 2.35. The molecule has 5 N–H and O–H groups in total. The molecule has 0 radical (unpaired) electrons. The van der Waals surface area contributed by atoms with Gasteiger partial charge in [-0.25, -0.2) is 4.39 Å². The molecule has 0 saturated heterocycles. The van der Waals surface area contributed by atoms with Crippen molar-refractivity contribution in [2.45, 2.75) is 45.6 Å². The summed E-state index contributed by atoms with van der Waals surface area (Å²) < 4.78 is 14.8. The van der Waals surface area contributed by atoms with Crippen LogP contribution in [-0.4, -0.2) is 47.3 Å². The van der Waals surface area contributed by atoms with Crippen LogP contribution in [0.3, 0.4) is 0 Å². The summed E-state index contributed by atoms with van der Waals surface area (Å²) in [6.07, 6.45) is 10.00. The van der Waals surface area contributed by atoms with Crippen molar-refractivity contribution >= 4 is 29.5 Å². The lowest BCUT2D eigenvalue weighted by atomic mass is 9.77. The summed E-state index contributed by atoms with van der Waals surface area (Å²) in [5, 5.41) is 14.2. The highest BCUT2D eigenvalue weighted by atomic mass is 35.5. The number of benzene rings is 1. The zero-order valence-corrected chi connectivity index (χ0v) is 22.1. The number of nitrogens with zero attached hydrogens (tertiary/aromatic N) is 2. The summed E-state index contributed by atoms with van der Waals surface area (Å²) >= 11 is 11.5. The minimum absolute atomic E-state index is 0.304. The summed E-state index contributed by atoms with van der Waals surface area (Å²) in [6.45, 7) is 8.70. The number of aromatic nitrogens is 2. The van der Waals surface area contributed by atoms with Gasteiger partial charge in [0, 0.05) is 35.4 Å². The normalized spacial score (nSPS) is 18.3. The number of hydrogen-bond acceptors (Lipinski definition) is 6. The van der Waals surface area contributed by atoms with E-state index in [1.54, 1.807) is 12.1 Å². The fraction of sp³-hybridized carbons (Fsp3) is 0.462. The van der Waals surface area contributed by atoms with Gasteiger partial charge < -0.3 is 16.4 Å². The number of anilines is 1. The van der Waals surface area contributed by atoms with Crippen LogP contribution < -0.4 is 16.4 Å². The first-order valence-corrected chi connectivity index (χ1v) is 13.1. The van der Waals surface area contributed by atoms with Gasteiger partial charge >= 0.3 is 0 Å². The van der Waals surface area contributed by atoms with Crippen molar-refractivity contribution in [1.82, 2.24) is 20.4 Å². The molecular formula is C26H36ClFN6S. The maximum absolute atomic E-state index is 14.3. The molecule has 0 atom stereocenters. The predicted octanol–water partition coefficient (Wildman–Crippen LogP) is 5.86. The van der Waals surface area contributed by atoms with Gasteiger partial charge in [-0.2, -0.15) is 5.10 Å². The van der Waals surface area contributed by atoms with E-state index in [2.05, 4.69) is 45.7 Å². The Hall–Kier alpha value is -2.26. The number of nitrogens with two attached hydrogens (primary N) is 1. The first-order valence-electron chi connectivity index (χ1n) is 12.3. The molecule has 35 heavy (non-hydrogen) atoms. The van der Waals surface area contributed by atoms with Gasteiger partial charge in [-0.3, -0.25) is 10.00 Å². The van der Waals surface area contributed by atoms with Gasteiger partial charge in [0.15, 0.2) is 0 Å². The average Bonchev–Trinajstić information content (AvgIpc) is 2.81. The molecule has 0 spiro atoms. The van der Waals surface area contributed by atoms with E-state index >= 15 is 0 Å². The molecule has 0 aliphatic heterocycles. The lowest BCUT2D eigenvalue weighted by Gasteiger charge is -2.43. The second-order valence-corrected chi connectivity index (χ2v) is 9.72. The quantitative estimate of drug-likeness (QED) is 0.151. The van der Waals surface area contributed by atoms with E-state index in [4.69, 9.17) is 29.6 Å². The Morgan fingerprint density at radius 3 is 2.83 bits per heavy atom. The van der Waals surface area contributed by atoms with Crippen LogP contribution in [0.2, 0.25) is 5.02 Å². The van der Waals surface area contributed by atoms with Crippen LogP contribution in [-0.2, 0) is 0 Å². The number of nitrogens with one attached hydrogen (secondary N) is 3. The molecule has 1 aromatic heterocycles. The third-order valence-corrected chi connectivity index (χ3v) is 6.84. The molecule has 1 fully saturated rings. The molecule has 0 unspecified atom stereocenters. The first kappa shape index (κ1) is 27.3. The third kappa shape index (κ3) is 7.87. The topological polar surface area (TPSA) is 82.0 Å². The van der Waals surface area contributed by atoms with Crippen molar-refractivity contribution in [3.8, 4) is 11.3 Å². The van der Waals surface area contributed by atoms with Gasteiger partial charge in [-0.1, -0.05) is 43.7 Å². The summed E-state index contributed by atoms with van der Waals surface area (Å²) in [4.78, 5) is 2.62. The molecule has 1 aliphatic carbocycles. The number of hydrogen-bond donors (Lipinski definition) is 4. The van der Waals surface area contributed by atoms with Crippen LogP contribution >= 0.6 is 23.8 Å². The Kier molecular flexibility index (Phi) is 10.7. The maximum Gasteiger partial charge on any atom is 0.143 e. The van der Waals surface area contributed by atoms with Crippen molar-refractivity contribution in [3.05, 3.63) is 63.8 Å². The molecule has 0 amide bonds. The SMILES string of the molecule is CCCN(CCNCC)C1CC(C/C=C(\C=C/N)Nc2cc(-c3cc(Cl)ccc3F)n[nH]c2=S)C1. The molecule has 1 aromatic carbocycles. The summed E-state index contributed by atoms with van der Waals surface area (Å²) in [7, 11) is 0. The minimum Gasteiger partial charge on any atom is -0.405 e. The Morgan fingerprint density at radius 1 is 1.31 bits per heavy atom. The van der Waals surface area contributed by atoms with Crippen LogP contribution in [0, 0.1) is 16.4 Å². The smallest absolute Gasteiger partial charge is 0.143 e. The molecule has 1 heterocycles. The Labute approximate surface area is 217 Å². The first-order chi connectivity index (χ1) is 16.9. The fourth-order valence-corrected chi connectivity index (χ4v) is 4.73. The zero-order chi connectivity index (χ0) is 25.2. The lowest BCUT2D eigenvalue weighted by molar-refractivity contribution is 0.0799. The molecule has 1 aliphatic rings. The maximum atomic E-state index is 14.3. The summed E-state index contributed by atoms with van der Waals surface area (Å²) in [5.41, 5.74) is 7.88. The van der Waals surface area contributed by atoms with Gasteiger partial charge in [-0.15, -0.1) is 0 Å². The second-order valence-electron chi connectivity index (χ2n) is 8.88. The van der Waals surface area contributed by atoms with E-state index < -0.39 is 5.82 Å². The Bertz CT molecular complexity index is 1080. The van der Waals surface area contributed by atoms with Crippen molar-refractivity contribution < 1.29 is 4.39 Å². The number of allylic oxidation sites excluding steroid dienone is 2. The van der Waals surface area contributed by atoms with E-state index in [0.29, 0.717) is 38.6 Å². The van der Waals surface area contributed by atoms with Crippen LogP contribution in [0.15, 0.2) is 48.3 Å². The van der Waals surface area contributed by atoms with Gasteiger partial charge in [0.05, 0.1) is 11.4 Å². The fourth-order valence-electron chi connectivity index (χ4n) is 4.40. The Balaban J connectivity index is 1.65. The number of H-pyrrole nitrogens is 1. The molecule has 0 bridgehead atoms. The van der Waals surface area contributed by atoms with Crippen LogP contribution in [0.4, 0.5) is 10.1 Å². The van der Waals surface area contributed by atoms with E-state index in [-0.39, 0.29) is 0 Å². The number of halogens is 2. The highest BCUT2D eigenvalue weighted by Gasteiger charge is 2.32. The van der Waals surface area contributed by atoms with Gasteiger partial charge in [-0.05, 0) is 81.2 Å². The third-order valence-electron chi connectivity index (χ3n) is 6.30. The van der Waals surface area contributed by atoms with Gasteiger partial charge in [0.25, 0.3) is 0 Å². The monoisotopic (exact) mass is 518 g/mol. The molecular weight excluding hydrogens is 483 g/mol. The van der Waals surface area contributed by atoms with E-state index in [9.17, 15) is 4.39 Å². The van der Waals surface area contributed by atoms with E-state index in [1.807, 2.05) is 6.08 Å². The predicted molar refractivity (Wildman–Crippen MR) is 146 cm³/mol. The molecule has 1 saturated carbocycles. The van der Waals surface area contributed by atoms with E-state index in [1.165, 1.54) is 37.6 Å². The summed E-state index contributed by atoms with van der Waals surface area (Å²) in [6, 6.07) is 6.76. The Morgan fingerprint density at radius 2 is 2.11 bits per heavy atom. The largest absolute Gasteiger partial charge is 0.405 e. The second kappa shape index (κ2) is 13.7. The van der Waals surface area contributed by atoms with Crippen molar-refractivity contribution in [2.24, 2.45) is 11.7 Å². The van der Waals surface area contributed by atoms with Gasteiger partial charge in [0.2, 0.25) is 0 Å². The van der Waals surface area contributed by atoms with Crippen LogP contribution in [0.5, 0.6) is 0 Å². The zero-order valence-electron chi connectivity index (χ0n) is 20.5. The highest BCUT2D eigenvalue weighted by molar-refractivity contribution is 7.71. The number of aromatic amines is 1. The number of rotatable bonds is 13. The van der Waals surface area contributed by atoms with Crippen molar-refractivity contribution in [2.75, 3.05) is 31.5 Å². The summed E-state index contributed by atoms with van der Waals surface area (Å²) in [5.74, 6) is 0.239. The van der Waals surface area contributed by atoms with Crippen LogP contribution in [0.1, 0.15) is 39.5 Å². The van der Waals surface area contributed by atoms with Crippen molar-refractivity contribution in [3.63, 3.8) is 0 Å². The van der Waals surface area contributed by atoms with E-state index in [0.717, 1.165) is 38.3 Å². The average molecular weight is 519 g/mol. The van der Waals surface area contributed by atoms with Crippen molar-refractivity contribution in [1.29, 1.82) is 0 Å². The minimum atomic E-state index is -0.405. The van der Waals surface area contributed by atoms with Crippen LogP contribution in [0.25, 0.3) is 11.3 Å². The molecule has 3 rings (SSSR count).